The van der Waals surface area contributed by atoms with Gasteiger partial charge < -0.3 is 20.9 Å². The number of halogens is 1. The number of carboxylic acid groups (broad SMARTS) is 1. The van der Waals surface area contributed by atoms with E-state index in [4.69, 9.17) is 15.9 Å². The molecule has 0 saturated heterocycles. The first-order valence-electron chi connectivity index (χ1n) is 10.6. The van der Waals surface area contributed by atoms with Crippen LogP contribution in [0.15, 0.2) is 59.4 Å². The van der Waals surface area contributed by atoms with Crippen molar-refractivity contribution in [1.29, 1.82) is 5.41 Å². The number of nitrogens with two attached hydrogens (primary N) is 1. The van der Waals surface area contributed by atoms with Crippen LogP contribution in [0.4, 0.5) is 10.1 Å². The van der Waals surface area contributed by atoms with Gasteiger partial charge in [-0.15, -0.1) is 5.10 Å². The number of amidine groups is 1. The minimum absolute atomic E-state index is 0.0542. The third-order valence-corrected chi connectivity index (χ3v) is 5.34. The van der Waals surface area contributed by atoms with Crippen LogP contribution in [0.1, 0.15) is 39.0 Å². The molecule has 0 saturated carbocycles. The van der Waals surface area contributed by atoms with Crippen molar-refractivity contribution in [1.82, 2.24) is 19.7 Å². The zero-order valence-electron chi connectivity index (χ0n) is 19.2. The lowest BCUT2D eigenvalue weighted by atomic mass is 10.1. The Morgan fingerprint density at radius 1 is 1.22 bits per heavy atom. The molecule has 0 amide bonds. The fraction of sp³-hybridized carbons (Fsp3) is 0.125. The van der Waals surface area contributed by atoms with Gasteiger partial charge in [-0.2, -0.15) is 4.68 Å². The molecular formula is C24H22FN7O4. The largest absolute Gasteiger partial charge is 0.481 e. The number of nitrogens with one attached hydrogen (secondary N) is 3. The molecule has 0 aliphatic heterocycles. The number of anilines is 1. The summed E-state index contributed by atoms with van der Waals surface area (Å²) >= 11 is 0. The topological polar surface area (TPSA) is 172 Å². The van der Waals surface area contributed by atoms with E-state index in [9.17, 15) is 19.1 Å². The van der Waals surface area contributed by atoms with E-state index >= 15 is 0 Å². The Labute approximate surface area is 203 Å². The quantitative estimate of drug-likeness (QED) is 0.185. The number of aromatic carboxylic acids is 1. The van der Waals surface area contributed by atoms with Gasteiger partial charge in [-0.1, -0.05) is 12.1 Å². The van der Waals surface area contributed by atoms with Crippen molar-refractivity contribution in [2.24, 2.45) is 5.73 Å². The Balaban J connectivity index is 1.85. The van der Waals surface area contributed by atoms with Crippen LogP contribution in [0.25, 0.3) is 5.69 Å². The fourth-order valence-electron chi connectivity index (χ4n) is 3.71. The number of benzene rings is 2. The van der Waals surface area contributed by atoms with Crippen molar-refractivity contribution in [3.05, 3.63) is 99.1 Å². The molecule has 0 radical (unpaired) electrons. The number of nitrogens with zero attached hydrogens (tertiary/aromatic N) is 3. The SMILES string of the molecule is COc1cc(C(Nc2ccc(C(=N)N)c(F)c2)c2nn(-c3ccccc3C(=O)O)c(=O)[nH]2)cc(C)n1. The summed E-state index contributed by atoms with van der Waals surface area (Å²) < 4.78 is 20.8. The van der Waals surface area contributed by atoms with Gasteiger partial charge in [0.05, 0.1) is 23.9 Å². The van der Waals surface area contributed by atoms with Crippen LogP contribution in [-0.4, -0.2) is 43.8 Å². The number of aryl methyl sites for hydroxylation is 1. The van der Waals surface area contributed by atoms with Crippen molar-refractivity contribution in [3.63, 3.8) is 0 Å². The van der Waals surface area contributed by atoms with Crippen LogP contribution in [0.3, 0.4) is 0 Å². The first kappa shape index (κ1) is 24.1. The van der Waals surface area contributed by atoms with E-state index in [0.717, 1.165) is 4.68 Å². The molecule has 2 heterocycles. The summed E-state index contributed by atoms with van der Waals surface area (Å²) in [5, 5.41) is 24.5. The maximum atomic E-state index is 14.5. The van der Waals surface area contributed by atoms with E-state index in [1.165, 1.54) is 37.4 Å². The molecule has 4 rings (SSSR count). The molecular weight excluding hydrogens is 469 g/mol. The minimum atomic E-state index is -1.22. The highest BCUT2D eigenvalue weighted by atomic mass is 19.1. The molecule has 0 spiro atoms. The summed E-state index contributed by atoms with van der Waals surface area (Å²) in [6.45, 7) is 1.76. The molecule has 36 heavy (non-hydrogen) atoms. The standard InChI is InChI=1S/C24H22FN7O4/c1-12-9-13(10-19(28-12)36-2)20(29-14-7-8-15(21(26)27)17(25)11-14)22-30-24(35)32(31-22)18-6-4-3-5-16(18)23(33)34/h3-11,20,29H,1-2H3,(H3,26,27)(H,33,34)(H,30,31,35). The van der Waals surface area contributed by atoms with Gasteiger partial charge >= 0.3 is 11.7 Å². The predicted octanol–water partition coefficient (Wildman–Crippen LogP) is 2.60. The molecule has 1 atom stereocenters. The lowest BCUT2D eigenvalue weighted by molar-refractivity contribution is 0.0696. The third kappa shape index (κ3) is 4.78. The average molecular weight is 491 g/mol. The van der Waals surface area contributed by atoms with Crippen LogP contribution < -0.4 is 21.5 Å². The molecule has 6 N–H and O–H groups in total. The average Bonchev–Trinajstić information content (AvgIpc) is 3.22. The molecule has 0 aliphatic carbocycles. The van der Waals surface area contributed by atoms with Crippen molar-refractivity contribution in [2.45, 2.75) is 13.0 Å². The van der Waals surface area contributed by atoms with Gasteiger partial charge in [0, 0.05) is 17.4 Å². The molecule has 2 aromatic carbocycles. The molecule has 4 aromatic rings. The lowest BCUT2D eigenvalue weighted by Gasteiger charge is -2.19. The number of nitrogen functional groups attached to an aromatic ring is 1. The smallest absolute Gasteiger partial charge is 0.348 e. The van der Waals surface area contributed by atoms with Gasteiger partial charge in [0.1, 0.15) is 17.7 Å². The van der Waals surface area contributed by atoms with Crippen LogP contribution in [-0.2, 0) is 0 Å². The number of aromatic amines is 1. The van der Waals surface area contributed by atoms with E-state index in [2.05, 4.69) is 20.4 Å². The van der Waals surface area contributed by atoms with Crippen molar-refractivity contribution in [2.75, 3.05) is 12.4 Å². The second-order valence-electron chi connectivity index (χ2n) is 7.82. The summed E-state index contributed by atoms with van der Waals surface area (Å²) in [5.41, 5.74) is 6.19. The normalized spacial score (nSPS) is 11.6. The van der Waals surface area contributed by atoms with Gasteiger partial charge in [0.25, 0.3) is 0 Å². The zero-order valence-corrected chi connectivity index (χ0v) is 19.2. The predicted molar refractivity (Wildman–Crippen MR) is 130 cm³/mol. The fourth-order valence-corrected chi connectivity index (χ4v) is 3.71. The Morgan fingerprint density at radius 2 is 1.97 bits per heavy atom. The Morgan fingerprint density at radius 3 is 2.64 bits per heavy atom. The highest BCUT2D eigenvalue weighted by Gasteiger charge is 2.23. The zero-order chi connectivity index (χ0) is 26.0. The van der Waals surface area contributed by atoms with E-state index in [1.54, 1.807) is 31.2 Å². The van der Waals surface area contributed by atoms with Crippen molar-refractivity contribution in [3.8, 4) is 11.6 Å². The molecule has 1 unspecified atom stereocenters. The first-order valence-corrected chi connectivity index (χ1v) is 10.6. The second kappa shape index (κ2) is 9.70. The number of para-hydroxylation sites is 1. The van der Waals surface area contributed by atoms with E-state index in [0.29, 0.717) is 22.8 Å². The molecule has 12 heteroatoms. The summed E-state index contributed by atoms with van der Waals surface area (Å²) in [6.07, 6.45) is 0. The molecule has 2 aromatic heterocycles. The Bertz CT molecular complexity index is 1530. The summed E-state index contributed by atoms with van der Waals surface area (Å²) in [7, 11) is 1.46. The monoisotopic (exact) mass is 491 g/mol. The summed E-state index contributed by atoms with van der Waals surface area (Å²) in [6, 6.07) is 12.6. The first-order chi connectivity index (χ1) is 17.2. The van der Waals surface area contributed by atoms with E-state index < -0.39 is 29.4 Å². The number of H-pyrrole nitrogens is 1. The number of methoxy groups -OCH3 is 1. The number of carbonyl (C=O) groups is 1. The van der Waals surface area contributed by atoms with E-state index in [1.807, 2.05) is 0 Å². The van der Waals surface area contributed by atoms with Crippen molar-refractivity contribution >= 4 is 17.5 Å². The van der Waals surface area contributed by atoms with Crippen molar-refractivity contribution < 1.29 is 19.0 Å². The highest BCUT2D eigenvalue weighted by Crippen LogP contribution is 2.28. The number of hydrogen-bond donors (Lipinski definition) is 5. The van der Waals surface area contributed by atoms with E-state index in [-0.39, 0.29) is 22.6 Å². The highest BCUT2D eigenvalue weighted by molar-refractivity contribution is 5.95. The number of ether oxygens (including phenoxy) is 1. The summed E-state index contributed by atoms with van der Waals surface area (Å²) in [4.78, 5) is 31.5. The van der Waals surface area contributed by atoms with Crippen LogP contribution in [0, 0.1) is 18.2 Å². The van der Waals surface area contributed by atoms with Gasteiger partial charge in [-0.05, 0) is 48.9 Å². The molecule has 11 nitrogen and oxygen atoms in total. The van der Waals surface area contributed by atoms with Gasteiger partial charge in [-0.3, -0.25) is 10.4 Å². The number of hydrogen-bond acceptors (Lipinski definition) is 7. The van der Waals surface area contributed by atoms with Gasteiger partial charge in [0.15, 0.2) is 5.82 Å². The van der Waals surface area contributed by atoms with Crippen LogP contribution in [0.2, 0.25) is 0 Å². The Kier molecular flexibility index (Phi) is 6.50. The minimum Gasteiger partial charge on any atom is -0.481 e. The molecule has 0 fully saturated rings. The lowest BCUT2D eigenvalue weighted by Crippen LogP contribution is -2.18. The molecule has 0 aliphatic rings. The van der Waals surface area contributed by atoms with Gasteiger partial charge in [0.2, 0.25) is 5.88 Å². The third-order valence-electron chi connectivity index (χ3n) is 5.34. The number of pyridine rings is 1. The van der Waals surface area contributed by atoms with Gasteiger partial charge in [-0.25, -0.2) is 19.0 Å². The number of aromatic nitrogens is 4. The molecule has 0 bridgehead atoms. The summed E-state index contributed by atoms with van der Waals surface area (Å²) in [5.74, 6) is -1.89. The maximum absolute atomic E-state index is 14.5. The van der Waals surface area contributed by atoms with Crippen LogP contribution >= 0.6 is 0 Å². The molecule has 184 valence electrons. The number of rotatable bonds is 8. The maximum Gasteiger partial charge on any atom is 0.348 e. The second-order valence-corrected chi connectivity index (χ2v) is 7.82. The number of carboxylic acids is 1. The van der Waals surface area contributed by atoms with Crippen LogP contribution in [0.5, 0.6) is 5.88 Å². The Hall–Kier alpha value is -5.00.